The van der Waals surface area contributed by atoms with E-state index in [2.05, 4.69) is 74.1 Å². The Morgan fingerprint density at radius 2 is 1.34 bits per heavy atom. The lowest BCUT2D eigenvalue weighted by atomic mass is 10.0. The van der Waals surface area contributed by atoms with Crippen molar-refractivity contribution in [3.63, 3.8) is 0 Å². The predicted octanol–water partition coefficient (Wildman–Crippen LogP) is 6.52. The van der Waals surface area contributed by atoms with Crippen LogP contribution in [-0.2, 0) is 25.5 Å². The smallest absolute Gasteiger partial charge is 0.407 e. The maximum absolute atomic E-state index is 13.7. The fourth-order valence-corrected chi connectivity index (χ4v) is 9.48. The minimum atomic E-state index is -0.723. The number of hydrogen-bond donors (Lipinski definition) is 6. The summed E-state index contributed by atoms with van der Waals surface area (Å²) in [7, 11) is 1.29. The molecule has 4 amide bonds. The van der Waals surface area contributed by atoms with Gasteiger partial charge in [-0.15, -0.1) is 0 Å². The molecule has 0 radical (unpaired) electrons. The van der Waals surface area contributed by atoms with Gasteiger partial charge >= 0.3 is 6.09 Å². The number of nitrogens with zero attached hydrogens (tertiary/aromatic N) is 4. The standard InChI is InChI=1S/C47H53N9O6/c1-24(2)41(53-40(58)23-57)45(59)55-14-6-8-38(55)43-49-32-12-10-26(19-36(32)51-43)28-16-29-18-31-22-34(48-35(31)21-30(29)17-28)27-11-13-33-37(20-27)52-44(50-33)39-9-7-15-56(39)46(60)42(25(3)4)54-47(61)62-5/h10-13,17-22,24-25,38-39,41-42,48,57H,6-9,14-16,23H2,1-5H3,(H,49,51)(H,50,52)(H,53,58)(H,54,61)/t38?,39?,41-,42+/m0/s1. The molecule has 0 saturated carbocycles. The lowest BCUT2D eigenvalue weighted by Crippen LogP contribution is -2.51. The molecule has 322 valence electrons. The third-order valence-electron chi connectivity index (χ3n) is 12.8. The number of fused-ring (bicyclic) bond motifs is 4. The van der Waals surface area contributed by atoms with Crippen molar-refractivity contribution < 1.29 is 29.0 Å². The van der Waals surface area contributed by atoms with E-state index in [9.17, 15) is 24.3 Å². The topological polar surface area (TPSA) is 201 Å². The van der Waals surface area contributed by atoms with Gasteiger partial charge in [0.2, 0.25) is 17.7 Å². The molecular formula is C47H53N9O6. The molecule has 0 spiro atoms. The lowest BCUT2D eigenvalue weighted by molar-refractivity contribution is -0.139. The summed E-state index contributed by atoms with van der Waals surface area (Å²) >= 11 is 0. The third kappa shape index (κ3) is 7.58. The van der Waals surface area contributed by atoms with E-state index in [1.54, 1.807) is 0 Å². The van der Waals surface area contributed by atoms with Gasteiger partial charge in [-0.3, -0.25) is 14.4 Å². The zero-order valence-corrected chi connectivity index (χ0v) is 35.7. The van der Waals surface area contributed by atoms with E-state index >= 15 is 0 Å². The Morgan fingerprint density at radius 1 is 0.758 bits per heavy atom. The van der Waals surface area contributed by atoms with Crippen molar-refractivity contribution in [2.45, 2.75) is 84.0 Å². The summed E-state index contributed by atoms with van der Waals surface area (Å²) in [4.78, 5) is 75.5. The largest absolute Gasteiger partial charge is 0.453 e. The van der Waals surface area contributed by atoms with E-state index in [4.69, 9.17) is 14.7 Å². The summed E-state index contributed by atoms with van der Waals surface area (Å²) in [5.41, 5.74) is 11.3. The molecule has 2 saturated heterocycles. The zero-order chi connectivity index (χ0) is 43.4. The van der Waals surface area contributed by atoms with Crippen molar-refractivity contribution in [2.24, 2.45) is 11.8 Å². The lowest BCUT2D eigenvalue weighted by Gasteiger charge is -2.30. The van der Waals surface area contributed by atoms with Crippen molar-refractivity contribution >= 4 is 68.4 Å². The van der Waals surface area contributed by atoms with Crippen LogP contribution in [0.15, 0.2) is 54.6 Å². The Hall–Kier alpha value is -6.48. The Bertz CT molecular complexity index is 2760. The Morgan fingerprint density at radius 3 is 1.92 bits per heavy atom. The first-order chi connectivity index (χ1) is 29.9. The number of carbonyl (C=O) groups excluding carboxylic acids is 4. The van der Waals surface area contributed by atoms with E-state index in [-0.39, 0.29) is 35.7 Å². The summed E-state index contributed by atoms with van der Waals surface area (Å²) in [6, 6.07) is 17.2. The van der Waals surface area contributed by atoms with Crippen LogP contribution in [-0.4, -0.2) is 103 Å². The minimum absolute atomic E-state index is 0.110. The van der Waals surface area contributed by atoms with Crippen molar-refractivity contribution in [3.05, 3.63) is 82.9 Å². The molecule has 3 aromatic carbocycles. The van der Waals surface area contributed by atoms with Crippen molar-refractivity contribution in [3.8, 4) is 11.3 Å². The van der Waals surface area contributed by atoms with Crippen LogP contribution in [0.4, 0.5) is 4.79 Å². The van der Waals surface area contributed by atoms with Gasteiger partial charge in [-0.05, 0) is 109 Å². The summed E-state index contributed by atoms with van der Waals surface area (Å²) in [6.07, 6.45) is 5.65. The third-order valence-corrected chi connectivity index (χ3v) is 12.8. The number of amides is 4. The number of aliphatic hydroxyl groups excluding tert-OH is 1. The van der Waals surface area contributed by atoms with E-state index in [1.165, 1.54) is 23.8 Å². The van der Waals surface area contributed by atoms with Crippen LogP contribution >= 0.6 is 0 Å². The number of rotatable bonds is 11. The molecule has 3 aliphatic rings. The molecule has 15 heteroatoms. The molecule has 1 aliphatic carbocycles. The number of likely N-dealkylation sites (tertiary alicyclic amines) is 2. The molecule has 62 heavy (non-hydrogen) atoms. The minimum Gasteiger partial charge on any atom is -0.453 e. The molecule has 3 aromatic heterocycles. The fourth-order valence-electron chi connectivity index (χ4n) is 9.48. The Balaban J connectivity index is 0.915. The quantitative estimate of drug-likeness (QED) is 0.0846. The second-order valence-corrected chi connectivity index (χ2v) is 17.6. The highest BCUT2D eigenvalue weighted by Gasteiger charge is 2.39. The van der Waals surface area contributed by atoms with Crippen molar-refractivity contribution in [1.82, 2.24) is 45.4 Å². The van der Waals surface area contributed by atoms with Crippen LogP contribution < -0.4 is 10.6 Å². The van der Waals surface area contributed by atoms with Crippen LogP contribution in [0.3, 0.4) is 0 Å². The number of aromatic amines is 3. The summed E-state index contributed by atoms with van der Waals surface area (Å²) < 4.78 is 4.79. The molecule has 2 aliphatic heterocycles. The fraction of sp³-hybridized carbons (Fsp3) is 0.404. The molecule has 9 rings (SSSR count). The summed E-state index contributed by atoms with van der Waals surface area (Å²) in [6.45, 7) is 8.10. The normalized spacial score (nSPS) is 18.5. The van der Waals surface area contributed by atoms with Gasteiger partial charge in [0, 0.05) is 35.2 Å². The average Bonchev–Trinajstić information content (AvgIpc) is 4.12. The number of H-pyrrole nitrogens is 3. The first-order valence-corrected chi connectivity index (χ1v) is 21.6. The molecule has 5 heterocycles. The number of hydrogen-bond acceptors (Lipinski definition) is 8. The summed E-state index contributed by atoms with van der Waals surface area (Å²) in [5.74, 6) is 0.365. The number of allylic oxidation sites excluding steroid dienone is 1. The van der Waals surface area contributed by atoms with Gasteiger partial charge in [-0.25, -0.2) is 14.8 Å². The molecule has 4 atom stereocenters. The molecule has 2 unspecified atom stereocenters. The molecule has 0 bridgehead atoms. The number of methoxy groups -OCH3 is 1. The molecule has 6 N–H and O–H groups in total. The van der Waals surface area contributed by atoms with E-state index in [0.29, 0.717) is 13.1 Å². The number of ether oxygens (including phenoxy) is 1. The number of nitrogens with one attached hydrogen (secondary N) is 5. The maximum Gasteiger partial charge on any atom is 0.407 e. The van der Waals surface area contributed by atoms with Crippen LogP contribution in [0.2, 0.25) is 0 Å². The average molecular weight is 840 g/mol. The van der Waals surface area contributed by atoms with Gasteiger partial charge in [0.1, 0.15) is 30.3 Å². The number of benzene rings is 3. The second kappa shape index (κ2) is 16.4. The predicted molar refractivity (Wildman–Crippen MR) is 236 cm³/mol. The van der Waals surface area contributed by atoms with E-state index in [1.807, 2.05) is 49.6 Å². The highest BCUT2D eigenvalue weighted by Crippen LogP contribution is 2.39. The van der Waals surface area contributed by atoms with Gasteiger partial charge in [-0.2, -0.15) is 0 Å². The SMILES string of the molecule is COC(=O)N[C@@H](C(=O)N1CCCC1c1nc2ccc(-c3cc4cc5c(cc4[nH]3)C=C(c3ccc4nc(C6CCCN6C(=O)[C@@H](NC(=O)CO)C(C)C)[nH]c4c3)C5)cc2[nH]1)C(C)C. The molecule has 6 aromatic rings. The second-order valence-electron chi connectivity index (χ2n) is 17.6. The number of alkyl carbamates (subject to hydrolysis) is 1. The highest BCUT2D eigenvalue weighted by atomic mass is 16.5. The molecule has 2 fully saturated rings. The Labute approximate surface area is 358 Å². The van der Waals surface area contributed by atoms with Gasteiger partial charge < -0.3 is 45.2 Å². The van der Waals surface area contributed by atoms with Crippen molar-refractivity contribution in [2.75, 3.05) is 26.8 Å². The Kier molecular flexibility index (Phi) is 10.8. The maximum atomic E-state index is 13.7. The van der Waals surface area contributed by atoms with Crippen LogP contribution in [0.1, 0.15) is 93.8 Å². The number of imidazole rings is 2. The first-order valence-electron chi connectivity index (χ1n) is 21.6. The highest BCUT2D eigenvalue weighted by molar-refractivity contribution is 5.97. The monoisotopic (exact) mass is 839 g/mol. The van der Waals surface area contributed by atoms with Crippen molar-refractivity contribution in [1.29, 1.82) is 0 Å². The van der Waals surface area contributed by atoms with Crippen LogP contribution in [0.5, 0.6) is 0 Å². The summed E-state index contributed by atoms with van der Waals surface area (Å²) in [5, 5.41) is 15.8. The van der Waals surface area contributed by atoms with Gasteiger partial charge in [0.05, 0.1) is 41.3 Å². The van der Waals surface area contributed by atoms with E-state index < -0.39 is 30.7 Å². The van der Waals surface area contributed by atoms with Gasteiger partial charge in [-0.1, -0.05) is 45.9 Å². The van der Waals surface area contributed by atoms with E-state index in [0.717, 1.165) is 93.5 Å². The van der Waals surface area contributed by atoms with Crippen LogP contribution in [0, 0.1) is 11.8 Å². The van der Waals surface area contributed by atoms with Gasteiger partial charge in [0.25, 0.3) is 0 Å². The number of aliphatic hydroxyl groups is 1. The number of aromatic nitrogens is 5. The number of carbonyl (C=O) groups is 4. The van der Waals surface area contributed by atoms with Gasteiger partial charge in [0.15, 0.2) is 0 Å². The molecule has 15 nitrogen and oxygen atoms in total. The van der Waals surface area contributed by atoms with Crippen LogP contribution in [0.25, 0.3) is 55.9 Å². The first kappa shape index (κ1) is 40.9. The zero-order valence-electron chi connectivity index (χ0n) is 35.7. The molecular weight excluding hydrogens is 787 g/mol.